The molecule has 1 aromatic heterocycles. The topological polar surface area (TPSA) is 48.1 Å². The molecular formula is C17H28N2O. The third kappa shape index (κ3) is 4.20. The summed E-state index contributed by atoms with van der Waals surface area (Å²) >= 11 is 0. The van der Waals surface area contributed by atoms with Crippen LogP contribution in [0.2, 0.25) is 0 Å². The van der Waals surface area contributed by atoms with Gasteiger partial charge in [0.25, 0.3) is 0 Å². The molecule has 0 saturated heterocycles. The van der Waals surface area contributed by atoms with Crippen molar-refractivity contribution in [3.63, 3.8) is 0 Å². The lowest BCUT2D eigenvalue weighted by Gasteiger charge is -2.23. The Hall–Kier alpha value is -1.09. The molecule has 1 aromatic rings. The molecule has 0 atom stereocenters. The molecule has 1 heterocycles. The molecule has 0 amide bonds. The molecule has 3 nitrogen and oxygen atoms in total. The zero-order valence-corrected chi connectivity index (χ0v) is 13.1. The molecule has 0 bridgehead atoms. The van der Waals surface area contributed by atoms with Crippen LogP contribution in [0.4, 0.5) is 0 Å². The Balaban J connectivity index is 2.06. The van der Waals surface area contributed by atoms with Gasteiger partial charge in [-0.3, -0.25) is 0 Å². The summed E-state index contributed by atoms with van der Waals surface area (Å²) < 4.78 is 5.96. The highest BCUT2D eigenvalue weighted by molar-refractivity contribution is 5.28. The van der Waals surface area contributed by atoms with Gasteiger partial charge < -0.3 is 10.5 Å². The van der Waals surface area contributed by atoms with Crippen LogP contribution in [0.1, 0.15) is 64.1 Å². The summed E-state index contributed by atoms with van der Waals surface area (Å²) in [7, 11) is 0. The Morgan fingerprint density at radius 3 is 2.50 bits per heavy atom. The predicted molar refractivity (Wildman–Crippen MR) is 82.9 cm³/mol. The third-order valence-electron chi connectivity index (χ3n) is 4.06. The minimum atomic E-state index is 0.0220. The van der Waals surface area contributed by atoms with Crippen molar-refractivity contribution in [2.24, 2.45) is 11.7 Å². The Kier molecular flexibility index (Phi) is 5.03. The van der Waals surface area contributed by atoms with Gasteiger partial charge in [-0.1, -0.05) is 40.0 Å². The fourth-order valence-corrected chi connectivity index (χ4v) is 2.69. The summed E-state index contributed by atoms with van der Waals surface area (Å²) in [5, 5.41) is 0. The average molecular weight is 276 g/mol. The summed E-state index contributed by atoms with van der Waals surface area (Å²) in [5.41, 5.74) is 7.96. The van der Waals surface area contributed by atoms with Crippen molar-refractivity contribution in [1.29, 1.82) is 0 Å². The molecule has 20 heavy (non-hydrogen) atoms. The smallest absolute Gasteiger partial charge is 0.213 e. The molecule has 0 aromatic carbocycles. The SMILES string of the molecule is CC(C)(C)c1cc(CN)cc(OCC2CCCCC2)n1. The molecule has 112 valence electrons. The van der Waals surface area contributed by atoms with E-state index < -0.39 is 0 Å². The minimum Gasteiger partial charge on any atom is -0.477 e. The van der Waals surface area contributed by atoms with E-state index in [0.717, 1.165) is 23.7 Å². The standard InChI is InChI=1S/C17H28N2O/c1-17(2,3)15-9-14(11-18)10-16(19-15)20-12-13-7-5-4-6-8-13/h9-10,13H,4-8,11-12,18H2,1-3H3. The van der Waals surface area contributed by atoms with Crippen molar-refractivity contribution in [2.75, 3.05) is 6.61 Å². The van der Waals surface area contributed by atoms with E-state index in [2.05, 4.69) is 31.8 Å². The van der Waals surface area contributed by atoms with Crippen LogP contribution in [0.3, 0.4) is 0 Å². The van der Waals surface area contributed by atoms with Crippen LogP contribution in [-0.2, 0) is 12.0 Å². The van der Waals surface area contributed by atoms with Crippen molar-refractivity contribution in [1.82, 2.24) is 4.98 Å². The molecule has 2 rings (SSSR count). The number of aromatic nitrogens is 1. The molecule has 0 unspecified atom stereocenters. The molecule has 3 heteroatoms. The predicted octanol–water partition coefficient (Wildman–Crippen LogP) is 3.80. The number of hydrogen-bond acceptors (Lipinski definition) is 3. The number of hydrogen-bond donors (Lipinski definition) is 1. The first-order valence-corrected chi connectivity index (χ1v) is 7.83. The van der Waals surface area contributed by atoms with Crippen molar-refractivity contribution in [3.8, 4) is 5.88 Å². The van der Waals surface area contributed by atoms with E-state index in [9.17, 15) is 0 Å². The van der Waals surface area contributed by atoms with E-state index in [1.807, 2.05) is 6.07 Å². The third-order valence-corrected chi connectivity index (χ3v) is 4.06. The van der Waals surface area contributed by atoms with E-state index in [1.54, 1.807) is 0 Å². The van der Waals surface area contributed by atoms with Gasteiger partial charge >= 0.3 is 0 Å². The normalized spacial score (nSPS) is 17.2. The van der Waals surface area contributed by atoms with Gasteiger partial charge in [-0.2, -0.15) is 0 Å². The Bertz CT molecular complexity index is 431. The van der Waals surface area contributed by atoms with Gasteiger partial charge in [-0.05, 0) is 30.4 Å². The summed E-state index contributed by atoms with van der Waals surface area (Å²) in [4.78, 5) is 4.66. The molecular weight excluding hydrogens is 248 g/mol. The zero-order chi connectivity index (χ0) is 14.6. The number of ether oxygens (including phenoxy) is 1. The van der Waals surface area contributed by atoms with E-state index in [0.29, 0.717) is 12.5 Å². The van der Waals surface area contributed by atoms with Crippen LogP contribution in [0.5, 0.6) is 5.88 Å². The highest BCUT2D eigenvalue weighted by Gasteiger charge is 2.18. The zero-order valence-electron chi connectivity index (χ0n) is 13.1. The van der Waals surface area contributed by atoms with Crippen LogP contribution < -0.4 is 10.5 Å². The lowest BCUT2D eigenvalue weighted by atomic mass is 9.90. The molecule has 0 aliphatic heterocycles. The van der Waals surface area contributed by atoms with E-state index >= 15 is 0 Å². The maximum absolute atomic E-state index is 5.96. The largest absolute Gasteiger partial charge is 0.477 e. The molecule has 1 fully saturated rings. The van der Waals surface area contributed by atoms with Gasteiger partial charge in [0.1, 0.15) is 0 Å². The van der Waals surface area contributed by atoms with Gasteiger partial charge in [0.2, 0.25) is 5.88 Å². The second-order valence-corrected chi connectivity index (χ2v) is 6.97. The van der Waals surface area contributed by atoms with Gasteiger partial charge in [0.15, 0.2) is 0 Å². The summed E-state index contributed by atoms with van der Waals surface area (Å²) in [6.45, 7) is 7.83. The number of nitrogens with zero attached hydrogens (tertiary/aromatic N) is 1. The van der Waals surface area contributed by atoms with Crippen LogP contribution >= 0.6 is 0 Å². The summed E-state index contributed by atoms with van der Waals surface area (Å²) in [5.74, 6) is 1.44. The monoisotopic (exact) mass is 276 g/mol. The van der Waals surface area contributed by atoms with E-state index in [-0.39, 0.29) is 5.41 Å². The Morgan fingerprint density at radius 1 is 1.20 bits per heavy atom. The Labute approximate surface area is 122 Å². The van der Waals surface area contributed by atoms with Crippen LogP contribution in [0.25, 0.3) is 0 Å². The van der Waals surface area contributed by atoms with Gasteiger partial charge in [0, 0.05) is 18.0 Å². The van der Waals surface area contributed by atoms with Crippen LogP contribution in [0, 0.1) is 5.92 Å². The van der Waals surface area contributed by atoms with Crippen molar-refractivity contribution >= 4 is 0 Å². The Morgan fingerprint density at radius 2 is 1.90 bits per heavy atom. The second kappa shape index (κ2) is 6.57. The fourth-order valence-electron chi connectivity index (χ4n) is 2.69. The molecule has 1 saturated carbocycles. The highest BCUT2D eigenvalue weighted by atomic mass is 16.5. The first-order valence-electron chi connectivity index (χ1n) is 7.83. The lowest BCUT2D eigenvalue weighted by molar-refractivity contribution is 0.202. The summed E-state index contributed by atoms with van der Waals surface area (Å²) in [6, 6.07) is 4.07. The quantitative estimate of drug-likeness (QED) is 0.910. The molecule has 1 aliphatic rings. The maximum atomic E-state index is 5.96. The van der Waals surface area contributed by atoms with Crippen LogP contribution in [-0.4, -0.2) is 11.6 Å². The number of pyridine rings is 1. The highest BCUT2D eigenvalue weighted by Crippen LogP contribution is 2.26. The van der Waals surface area contributed by atoms with Crippen LogP contribution in [0.15, 0.2) is 12.1 Å². The second-order valence-electron chi connectivity index (χ2n) is 6.97. The van der Waals surface area contributed by atoms with E-state index in [4.69, 9.17) is 10.5 Å². The minimum absolute atomic E-state index is 0.0220. The van der Waals surface area contributed by atoms with Crippen molar-refractivity contribution < 1.29 is 4.74 Å². The lowest BCUT2D eigenvalue weighted by Crippen LogP contribution is -2.18. The average Bonchev–Trinajstić information content (AvgIpc) is 2.45. The van der Waals surface area contributed by atoms with Gasteiger partial charge in [0.05, 0.1) is 12.3 Å². The number of nitrogens with two attached hydrogens (primary N) is 1. The maximum Gasteiger partial charge on any atom is 0.213 e. The fraction of sp³-hybridized carbons (Fsp3) is 0.706. The van der Waals surface area contributed by atoms with Gasteiger partial charge in [-0.25, -0.2) is 4.98 Å². The van der Waals surface area contributed by atoms with Crippen molar-refractivity contribution in [3.05, 3.63) is 23.4 Å². The first-order chi connectivity index (χ1) is 9.49. The molecule has 0 radical (unpaired) electrons. The van der Waals surface area contributed by atoms with E-state index in [1.165, 1.54) is 32.1 Å². The molecule has 2 N–H and O–H groups in total. The van der Waals surface area contributed by atoms with Gasteiger partial charge in [-0.15, -0.1) is 0 Å². The summed E-state index contributed by atoms with van der Waals surface area (Å²) in [6.07, 6.45) is 6.66. The molecule has 0 spiro atoms. The molecule has 1 aliphatic carbocycles. The van der Waals surface area contributed by atoms with Crippen molar-refractivity contribution in [2.45, 2.75) is 64.8 Å². The number of rotatable bonds is 4. The first kappa shape index (κ1) is 15.3.